The number of carbonyl (C=O) groups excluding carboxylic acids is 4. The van der Waals surface area contributed by atoms with Gasteiger partial charge in [-0.1, -0.05) is 69.2 Å². The largest absolute Gasteiger partial charge is 0.493 e. The van der Waals surface area contributed by atoms with Crippen LogP contribution in [0, 0.1) is 5.92 Å². The summed E-state index contributed by atoms with van der Waals surface area (Å²) in [4.78, 5) is 54.7. The van der Waals surface area contributed by atoms with Crippen molar-refractivity contribution in [2.75, 3.05) is 26.7 Å². The van der Waals surface area contributed by atoms with E-state index in [2.05, 4.69) is 16.0 Å². The van der Waals surface area contributed by atoms with Gasteiger partial charge in [-0.2, -0.15) is 0 Å². The number of hydrogen-bond acceptors (Lipinski definition) is 5. The summed E-state index contributed by atoms with van der Waals surface area (Å²) >= 11 is 0. The second-order valence-corrected chi connectivity index (χ2v) is 10.6. The lowest BCUT2D eigenvalue weighted by Gasteiger charge is -2.29. The smallest absolute Gasteiger partial charge is 0.255 e. The first-order valence-corrected chi connectivity index (χ1v) is 14.1. The molecule has 0 aliphatic carbocycles. The summed E-state index contributed by atoms with van der Waals surface area (Å²) in [5.41, 5.74) is 1.22. The molecular formula is C31H42N4O5. The van der Waals surface area contributed by atoms with Gasteiger partial charge in [-0.25, -0.2) is 0 Å². The second-order valence-electron chi connectivity index (χ2n) is 10.6. The van der Waals surface area contributed by atoms with Gasteiger partial charge in [0.15, 0.2) is 0 Å². The zero-order valence-corrected chi connectivity index (χ0v) is 23.8. The van der Waals surface area contributed by atoms with Gasteiger partial charge >= 0.3 is 0 Å². The number of amides is 4. The highest BCUT2D eigenvalue weighted by molar-refractivity contribution is 6.01. The van der Waals surface area contributed by atoms with Crippen molar-refractivity contribution >= 4 is 23.6 Å². The Balaban J connectivity index is 1.89. The van der Waals surface area contributed by atoms with Gasteiger partial charge in [0.05, 0.1) is 18.6 Å². The van der Waals surface area contributed by atoms with E-state index in [1.165, 1.54) is 4.90 Å². The molecule has 9 nitrogen and oxygen atoms in total. The Hall–Kier alpha value is -3.88. The summed E-state index contributed by atoms with van der Waals surface area (Å²) in [6.07, 6.45) is 3.46. The lowest BCUT2D eigenvalue weighted by atomic mass is 10.0. The van der Waals surface area contributed by atoms with Crippen LogP contribution in [-0.2, 0) is 20.8 Å². The molecule has 0 saturated heterocycles. The first-order chi connectivity index (χ1) is 19.3. The van der Waals surface area contributed by atoms with Gasteiger partial charge in [-0.05, 0) is 36.5 Å². The number of nitrogens with one attached hydrogen (secondary N) is 3. The summed E-state index contributed by atoms with van der Waals surface area (Å²) < 4.78 is 5.90. The number of likely N-dealkylation sites (N-methyl/N-ethyl adjacent to an activating group) is 1. The summed E-state index contributed by atoms with van der Waals surface area (Å²) in [5, 5.41) is 8.56. The van der Waals surface area contributed by atoms with Crippen LogP contribution in [0.15, 0.2) is 54.6 Å². The average Bonchev–Trinajstić information content (AvgIpc) is 2.95. The molecule has 1 heterocycles. The first-order valence-electron chi connectivity index (χ1n) is 14.1. The number of rotatable bonds is 5. The van der Waals surface area contributed by atoms with Crippen molar-refractivity contribution in [2.24, 2.45) is 5.92 Å². The fourth-order valence-corrected chi connectivity index (χ4v) is 4.48. The molecular weight excluding hydrogens is 508 g/mol. The van der Waals surface area contributed by atoms with Crippen molar-refractivity contribution in [1.82, 2.24) is 20.9 Å². The molecule has 2 aromatic rings. The molecule has 3 N–H and O–H groups in total. The van der Waals surface area contributed by atoms with Crippen molar-refractivity contribution in [3.05, 3.63) is 65.7 Å². The van der Waals surface area contributed by atoms with Gasteiger partial charge in [0.25, 0.3) is 5.91 Å². The maximum atomic E-state index is 13.5. The average molecular weight is 551 g/mol. The number of benzene rings is 2. The summed E-state index contributed by atoms with van der Waals surface area (Å²) in [5.74, 6) is -1.02. The molecule has 2 aromatic carbocycles. The minimum absolute atomic E-state index is 0.185. The lowest BCUT2D eigenvalue weighted by molar-refractivity contribution is -0.140. The van der Waals surface area contributed by atoms with E-state index in [1.807, 2.05) is 44.2 Å². The van der Waals surface area contributed by atoms with Gasteiger partial charge < -0.3 is 25.6 Å². The van der Waals surface area contributed by atoms with Crippen LogP contribution in [0.4, 0.5) is 0 Å². The molecule has 216 valence electrons. The predicted molar refractivity (Wildman–Crippen MR) is 154 cm³/mol. The Bertz CT molecular complexity index is 1140. The monoisotopic (exact) mass is 550 g/mol. The quantitative estimate of drug-likeness (QED) is 0.529. The van der Waals surface area contributed by atoms with Gasteiger partial charge in [-0.3, -0.25) is 19.2 Å². The van der Waals surface area contributed by atoms with E-state index in [9.17, 15) is 19.2 Å². The number of ether oxygens (including phenoxy) is 1. The van der Waals surface area contributed by atoms with Crippen molar-refractivity contribution in [3.8, 4) is 5.75 Å². The maximum absolute atomic E-state index is 13.5. The standard InChI is InChI=1S/C31H42N4O5/c1-22(2)21-33-30(38)25-20-28(36)35(3)26(19-23-13-7-6-8-14-23)31(39)32-17-11-4-5-12-18-40-27-16-10-9-15-24(27)29(37)34-25/h6-10,13-16,22,25-26H,4-5,11-12,17-21H2,1-3H3,(H,32,39)(H,33,38)(H,34,37)/t25-,26-/m0/s1. The zero-order chi connectivity index (χ0) is 28.9. The highest BCUT2D eigenvalue weighted by Crippen LogP contribution is 2.19. The summed E-state index contributed by atoms with van der Waals surface area (Å²) in [6.45, 7) is 5.27. The van der Waals surface area contributed by atoms with Crippen molar-refractivity contribution in [3.63, 3.8) is 0 Å². The topological polar surface area (TPSA) is 117 Å². The Labute approximate surface area is 237 Å². The van der Waals surface area contributed by atoms with Crippen molar-refractivity contribution < 1.29 is 23.9 Å². The van der Waals surface area contributed by atoms with Gasteiger partial charge in [0.2, 0.25) is 17.7 Å². The van der Waals surface area contributed by atoms with E-state index in [1.54, 1.807) is 31.3 Å². The Morgan fingerprint density at radius 2 is 1.70 bits per heavy atom. The van der Waals surface area contributed by atoms with E-state index in [0.717, 1.165) is 31.2 Å². The van der Waals surface area contributed by atoms with Crippen LogP contribution in [0.1, 0.15) is 61.9 Å². The first kappa shape index (κ1) is 30.7. The van der Waals surface area contributed by atoms with E-state index < -0.39 is 29.8 Å². The lowest BCUT2D eigenvalue weighted by Crippen LogP contribution is -2.53. The van der Waals surface area contributed by atoms with Gasteiger partial charge in [0.1, 0.15) is 17.8 Å². The fourth-order valence-electron chi connectivity index (χ4n) is 4.48. The summed E-state index contributed by atoms with van der Waals surface area (Å²) in [7, 11) is 1.57. The molecule has 0 saturated carbocycles. The molecule has 0 aromatic heterocycles. The van der Waals surface area contributed by atoms with Crippen LogP contribution in [0.3, 0.4) is 0 Å². The summed E-state index contributed by atoms with van der Waals surface area (Å²) in [6, 6.07) is 14.5. The van der Waals surface area contributed by atoms with Crippen LogP contribution >= 0.6 is 0 Å². The van der Waals surface area contributed by atoms with E-state index >= 15 is 0 Å². The molecule has 1 aliphatic heterocycles. The zero-order valence-electron chi connectivity index (χ0n) is 23.8. The third-order valence-corrected chi connectivity index (χ3v) is 6.88. The molecule has 4 amide bonds. The van der Waals surface area contributed by atoms with E-state index in [4.69, 9.17) is 4.74 Å². The minimum atomic E-state index is -1.13. The minimum Gasteiger partial charge on any atom is -0.493 e. The third-order valence-electron chi connectivity index (χ3n) is 6.88. The molecule has 0 spiro atoms. The SMILES string of the molecule is CC(C)CNC(=O)[C@@H]1CC(=O)N(C)[C@@H](Cc2ccccc2)C(=O)NCCCCCCOc2ccccc2C(=O)N1. The molecule has 1 aliphatic rings. The highest BCUT2D eigenvalue weighted by Gasteiger charge is 2.32. The second kappa shape index (κ2) is 15.6. The van der Waals surface area contributed by atoms with Gasteiger partial charge in [0, 0.05) is 26.6 Å². The fraction of sp³-hybridized carbons (Fsp3) is 0.484. The molecule has 0 fully saturated rings. The number of fused-ring (bicyclic) bond motifs is 1. The van der Waals surface area contributed by atoms with Gasteiger partial charge in [-0.15, -0.1) is 0 Å². The third kappa shape index (κ3) is 9.39. The molecule has 0 unspecified atom stereocenters. The van der Waals surface area contributed by atoms with Crippen LogP contribution in [-0.4, -0.2) is 67.4 Å². The number of hydrogen-bond donors (Lipinski definition) is 3. The molecule has 0 bridgehead atoms. The van der Waals surface area contributed by atoms with Crippen LogP contribution in [0.25, 0.3) is 0 Å². The number of carbonyl (C=O) groups is 4. The molecule has 0 radical (unpaired) electrons. The molecule has 9 heteroatoms. The normalized spacial score (nSPS) is 19.9. The van der Waals surface area contributed by atoms with Crippen molar-refractivity contribution in [1.29, 1.82) is 0 Å². The van der Waals surface area contributed by atoms with Crippen LogP contribution in [0.5, 0.6) is 5.75 Å². The van der Waals surface area contributed by atoms with E-state index in [-0.39, 0.29) is 18.2 Å². The number of para-hydroxylation sites is 1. The maximum Gasteiger partial charge on any atom is 0.255 e. The Morgan fingerprint density at radius 1 is 1.00 bits per heavy atom. The predicted octanol–water partition coefficient (Wildman–Crippen LogP) is 3.09. The Morgan fingerprint density at radius 3 is 2.45 bits per heavy atom. The highest BCUT2D eigenvalue weighted by atomic mass is 16.5. The molecule has 3 rings (SSSR count). The van der Waals surface area contributed by atoms with Crippen molar-refractivity contribution in [2.45, 2.75) is 64.5 Å². The van der Waals surface area contributed by atoms with Crippen LogP contribution < -0.4 is 20.7 Å². The number of nitrogens with zero attached hydrogens (tertiary/aromatic N) is 1. The van der Waals surface area contributed by atoms with E-state index in [0.29, 0.717) is 37.4 Å². The molecule has 40 heavy (non-hydrogen) atoms. The van der Waals surface area contributed by atoms with Crippen LogP contribution in [0.2, 0.25) is 0 Å². The Kier molecular flexibility index (Phi) is 12.0. The molecule has 2 atom stereocenters.